The maximum atomic E-state index is 11.0. The Kier molecular flexibility index (Phi) is 3.19. The molecule has 13 heavy (non-hydrogen) atoms. The lowest BCUT2D eigenvalue weighted by Crippen LogP contribution is -2.12. The topological polar surface area (TPSA) is 54.9 Å². The number of hydrogen-bond donors (Lipinski definition) is 1. The van der Waals surface area contributed by atoms with Crippen LogP contribution >= 0.6 is 11.6 Å². The smallest absolute Gasteiger partial charge is 0.231 e. The number of aromatic nitrogens is 2. The number of halogens is 1. The van der Waals surface area contributed by atoms with Gasteiger partial charge in [-0.2, -0.15) is 0 Å². The van der Waals surface area contributed by atoms with Crippen LogP contribution in [0.25, 0.3) is 0 Å². The van der Waals surface area contributed by atoms with Crippen LogP contribution < -0.4 is 5.32 Å². The maximum Gasteiger partial charge on any atom is 0.231 e. The van der Waals surface area contributed by atoms with Crippen molar-refractivity contribution in [2.45, 2.75) is 20.3 Å². The lowest BCUT2D eigenvalue weighted by atomic mass is 10.4. The number of anilines is 1. The molecule has 1 aromatic heterocycles. The summed E-state index contributed by atoms with van der Waals surface area (Å²) in [6.45, 7) is 3.54. The van der Waals surface area contributed by atoms with Gasteiger partial charge < -0.3 is 0 Å². The minimum absolute atomic E-state index is 0.123. The Morgan fingerprint density at radius 2 is 2.31 bits per heavy atom. The summed E-state index contributed by atoms with van der Waals surface area (Å²) in [4.78, 5) is 18.8. The second kappa shape index (κ2) is 4.18. The third-order valence-corrected chi connectivity index (χ3v) is 1.59. The zero-order chi connectivity index (χ0) is 9.84. The van der Waals surface area contributed by atoms with Crippen LogP contribution in [0.15, 0.2) is 6.07 Å². The van der Waals surface area contributed by atoms with Gasteiger partial charge in [0.2, 0.25) is 11.9 Å². The number of nitrogens with one attached hydrogen (secondary N) is 1. The molecular formula is C8H10ClN3O. The third kappa shape index (κ3) is 2.99. The minimum Gasteiger partial charge on any atom is -0.294 e. The van der Waals surface area contributed by atoms with Crippen molar-refractivity contribution in [1.82, 2.24) is 9.97 Å². The summed E-state index contributed by atoms with van der Waals surface area (Å²) in [7, 11) is 0. The molecule has 1 aromatic rings. The van der Waals surface area contributed by atoms with Crippen LogP contribution in [0.4, 0.5) is 5.95 Å². The normalized spacial score (nSPS) is 9.77. The summed E-state index contributed by atoms with van der Waals surface area (Å²) in [5.74, 6) is 0.138. The molecule has 0 bridgehead atoms. The van der Waals surface area contributed by atoms with Gasteiger partial charge in [0.1, 0.15) is 5.15 Å². The van der Waals surface area contributed by atoms with Gasteiger partial charge in [0.25, 0.3) is 0 Å². The highest BCUT2D eigenvalue weighted by Gasteiger charge is 2.03. The zero-order valence-electron chi connectivity index (χ0n) is 7.47. The Morgan fingerprint density at radius 3 is 2.85 bits per heavy atom. The predicted molar refractivity (Wildman–Crippen MR) is 50.7 cm³/mol. The van der Waals surface area contributed by atoms with Crippen molar-refractivity contribution in [3.63, 3.8) is 0 Å². The molecule has 0 saturated heterocycles. The number of amides is 1. The van der Waals surface area contributed by atoms with E-state index in [1.807, 2.05) is 0 Å². The summed E-state index contributed by atoms with van der Waals surface area (Å²) in [5.41, 5.74) is 0.728. The molecule has 5 heteroatoms. The van der Waals surface area contributed by atoms with E-state index in [1.165, 1.54) is 0 Å². The van der Waals surface area contributed by atoms with Gasteiger partial charge in [-0.25, -0.2) is 9.97 Å². The fourth-order valence-electron chi connectivity index (χ4n) is 0.799. The molecule has 0 aromatic carbocycles. The standard InChI is InChI=1S/C8H10ClN3O/c1-3-7(13)12-8-10-5(2)4-6(9)11-8/h4H,3H2,1-2H3,(H,10,11,12,13). The van der Waals surface area contributed by atoms with Crippen LogP contribution in [0.1, 0.15) is 19.0 Å². The monoisotopic (exact) mass is 199 g/mol. The van der Waals surface area contributed by atoms with Crippen molar-refractivity contribution < 1.29 is 4.79 Å². The predicted octanol–water partition coefficient (Wildman–Crippen LogP) is 1.79. The van der Waals surface area contributed by atoms with E-state index < -0.39 is 0 Å². The van der Waals surface area contributed by atoms with E-state index in [9.17, 15) is 4.79 Å². The quantitative estimate of drug-likeness (QED) is 0.739. The first-order chi connectivity index (χ1) is 6.11. The molecule has 0 spiro atoms. The lowest BCUT2D eigenvalue weighted by Gasteiger charge is -2.02. The first-order valence-corrected chi connectivity index (χ1v) is 4.30. The molecule has 1 heterocycles. The van der Waals surface area contributed by atoms with Gasteiger partial charge in [-0.3, -0.25) is 10.1 Å². The van der Waals surface area contributed by atoms with Gasteiger partial charge in [0.05, 0.1) is 0 Å². The van der Waals surface area contributed by atoms with E-state index in [0.29, 0.717) is 11.6 Å². The van der Waals surface area contributed by atoms with Crippen LogP contribution in [0, 0.1) is 6.92 Å². The molecule has 0 aliphatic heterocycles. The number of aryl methyl sites for hydroxylation is 1. The van der Waals surface area contributed by atoms with Crippen molar-refractivity contribution >= 4 is 23.5 Å². The Bertz CT molecular complexity index is 307. The molecule has 0 fully saturated rings. The fourth-order valence-corrected chi connectivity index (χ4v) is 1.04. The van der Waals surface area contributed by atoms with Crippen LogP contribution in [0.3, 0.4) is 0 Å². The third-order valence-electron chi connectivity index (χ3n) is 1.40. The molecule has 70 valence electrons. The summed E-state index contributed by atoms with van der Waals surface area (Å²) in [6.07, 6.45) is 0.398. The zero-order valence-corrected chi connectivity index (χ0v) is 8.22. The highest BCUT2D eigenvalue weighted by Crippen LogP contribution is 2.09. The molecule has 0 aliphatic rings. The first-order valence-electron chi connectivity index (χ1n) is 3.93. The van der Waals surface area contributed by atoms with Crippen LogP contribution in [-0.4, -0.2) is 15.9 Å². The molecule has 1 N–H and O–H groups in total. The average Bonchev–Trinajstić information content (AvgIpc) is 2.02. The molecule has 0 radical (unpaired) electrons. The van der Waals surface area contributed by atoms with E-state index >= 15 is 0 Å². The van der Waals surface area contributed by atoms with Crippen molar-refractivity contribution in [2.24, 2.45) is 0 Å². The van der Waals surface area contributed by atoms with Crippen molar-refractivity contribution in [1.29, 1.82) is 0 Å². The Morgan fingerprint density at radius 1 is 1.62 bits per heavy atom. The van der Waals surface area contributed by atoms with Crippen LogP contribution in [0.2, 0.25) is 5.15 Å². The van der Waals surface area contributed by atoms with E-state index in [-0.39, 0.29) is 11.9 Å². The van der Waals surface area contributed by atoms with Crippen LogP contribution in [0.5, 0.6) is 0 Å². The molecular weight excluding hydrogens is 190 g/mol. The molecule has 1 amide bonds. The second-order valence-electron chi connectivity index (χ2n) is 2.56. The van der Waals surface area contributed by atoms with Crippen molar-refractivity contribution in [3.05, 3.63) is 16.9 Å². The molecule has 0 saturated carbocycles. The summed E-state index contributed by atoms with van der Waals surface area (Å²) >= 11 is 5.67. The Labute approximate surface area is 81.3 Å². The van der Waals surface area contributed by atoms with E-state index in [4.69, 9.17) is 11.6 Å². The molecule has 0 atom stereocenters. The Hall–Kier alpha value is -1.16. The highest BCUT2D eigenvalue weighted by atomic mass is 35.5. The van der Waals surface area contributed by atoms with Gasteiger partial charge in [0.15, 0.2) is 0 Å². The molecule has 1 rings (SSSR count). The molecule has 4 nitrogen and oxygen atoms in total. The lowest BCUT2D eigenvalue weighted by molar-refractivity contribution is -0.115. The van der Waals surface area contributed by atoms with Crippen molar-refractivity contribution in [2.75, 3.05) is 5.32 Å². The first kappa shape index (κ1) is 9.92. The van der Waals surface area contributed by atoms with Gasteiger partial charge in [-0.15, -0.1) is 0 Å². The van der Waals surface area contributed by atoms with E-state index in [0.717, 1.165) is 5.69 Å². The number of hydrogen-bond acceptors (Lipinski definition) is 3. The summed E-state index contributed by atoms with van der Waals surface area (Å²) in [6, 6.07) is 1.63. The highest BCUT2D eigenvalue weighted by molar-refractivity contribution is 6.29. The van der Waals surface area contributed by atoms with Gasteiger partial charge in [-0.05, 0) is 13.0 Å². The van der Waals surface area contributed by atoms with Gasteiger partial charge in [-0.1, -0.05) is 18.5 Å². The number of rotatable bonds is 2. The number of nitrogens with zero attached hydrogens (tertiary/aromatic N) is 2. The van der Waals surface area contributed by atoms with Crippen molar-refractivity contribution in [3.8, 4) is 0 Å². The minimum atomic E-state index is -0.123. The van der Waals surface area contributed by atoms with E-state index in [2.05, 4.69) is 15.3 Å². The Balaban J connectivity index is 2.83. The second-order valence-corrected chi connectivity index (χ2v) is 2.94. The fraction of sp³-hybridized carbons (Fsp3) is 0.375. The van der Waals surface area contributed by atoms with Gasteiger partial charge in [0, 0.05) is 12.1 Å². The average molecular weight is 200 g/mol. The molecule has 0 unspecified atom stereocenters. The van der Waals surface area contributed by atoms with Gasteiger partial charge >= 0.3 is 0 Å². The summed E-state index contributed by atoms with van der Waals surface area (Å²) in [5, 5.41) is 2.86. The van der Waals surface area contributed by atoms with Crippen LogP contribution in [-0.2, 0) is 4.79 Å². The number of carbonyl (C=O) groups excluding carboxylic acids is 1. The number of carbonyl (C=O) groups is 1. The summed E-state index contributed by atoms with van der Waals surface area (Å²) < 4.78 is 0. The van der Waals surface area contributed by atoms with E-state index in [1.54, 1.807) is 19.9 Å². The molecule has 0 aliphatic carbocycles. The maximum absolute atomic E-state index is 11.0. The SMILES string of the molecule is CCC(=O)Nc1nc(C)cc(Cl)n1. The largest absolute Gasteiger partial charge is 0.294 e.